The first-order valence-electron chi connectivity index (χ1n) is 5.66. The molecule has 1 atom stereocenters. The summed E-state index contributed by atoms with van der Waals surface area (Å²) in [5, 5.41) is 9.02. The van der Waals surface area contributed by atoms with E-state index in [-0.39, 0.29) is 17.7 Å². The second kappa shape index (κ2) is 5.82. The molecule has 0 aliphatic heterocycles. The van der Waals surface area contributed by atoms with Gasteiger partial charge >= 0.3 is 0 Å². The van der Waals surface area contributed by atoms with E-state index in [0.717, 1.165) is 12.8 Å². The van der Waals surface area contributed by atoms with Crippen LogP contribution in [0.5, 0.6) is 0 Å². The predicted molar refractivity (Wildman–Crippen MR) is 68.6 cm³/mol. The molecule has 0 fully saturated rings. The molecule has 0 radical (unpaired) electrons. The van der Waals surface area contributed by atoms with Crippen molar-refractivity contribution in [3.05, 3.63) is 12.7 Å². The van der Waals surface area contributed by atoms with Crippen molar-refractivity contribution in [2.75, 3.05) is 6.61 Å². The summed E-state index contributed by atoms with van der Waals surface area (Å²) >= 11 is 0. The number of aliphatic hydroxyl groups is 1. The van der Waals surface area contributed by atoms with Gasteiger partial charge in [0.1, 0.15) is 0 Å². The van der Waals surface area contributed by atoms with Gasteiger partial charge in [-0.25, -0.2) is 0 Å². The lowest BCUT2D eigenvalue weighted by molar-refractivity contribution is 0.194. The highest BCUT2D eigenvalue weighted by Crippen LogP contribution is 2.37. The van der Waals surface area contributed by atoms with Gasteiger partial charge in [0.05, 0.1) is 6.10 Å². The highest BCUT2D eigenvalue weighted by atomic mass is 28.4. The molecule has 1 N–H and O–H groups in total. The van der Waals surface area contributed by atoms with Crippen LogP contribution in [0.4, 0.5) is 0 Å². The summed E-state index contributed by atoms with van der Waals surface area (Å²) in [6.07, 6.45) is 3.60. The minimum Gasteiger partial charge on any atom is -0.411 e. The largest absolute Gasteiger partial charge is 0.411 e. The lowest BCUT2D eigenvalue weighted by Crippen LogP contribution is -2.43. The highest BCUT2D eigenvalue weighted by Gasteiger charge is 2.38. The molecular formula is C12H26O2Si. The first-order chi connectivity index (χ1) is 6.74. The zero-order valence-corrected chi connectivity index (χ0v) is 11.8. The van der Waals surface area contributed by atoms with Crippen LogP contribution >= 0.6 is 0 Å². The van der Waals surface area contributed by atoms with Crippen molar-refractivity contribution in [1.29, 1.82) is 0 Å². The molecule has 0 aromatic rings. The van der Waals surface area contributed by atoms with Gasteiger partial charge in [-0.05, 0) is 31.0 Å². The van der Waals surface area contributed by atoms with Crippen molar-refractivity contribution in [3.8, 4) is 0 Å². The van der Waals surface area contributed by atoms with Crippen LogP contribution in [0.2, 0.25) is 18.1 Å². The van der Waals surface area contributed by atoms with E-state index in [1.165, 1.54) is 0 Å². The molecular weight excluding hydrogens is 204 g/mol. The van der Waals surface area contributed by atoms with Gasteiger partial charge in [-0.15, -0.1) is 6.58 Å². The maximum absolute atomic E-state index is 8.79. The van der Waals surface area contributed by atoms with Crippen LogP contribution in [0, 0.1) is 0 Å². The molecule has 0 unspecified atom stereocenters. The molecule has 0 rings (SSSR count). The second-order valence-electron chi connectivity index (χ2n) is 5.52. The van der Waals surface area contributed by atoms with Crippen LogP contribution in [-0.2, 0) is 4.43 Å². The summed E-state index contributed by atoms with van der Waals surface area (Å²) in [5.74, 6) is 0. The molecule has 0 aliphatic rings. The molecule has 2 nitrogen and oxygen atoms in total. The minimum atomic E-state index is -1.69. The Bertz CT molecular complexity index is 194. The average Bonchev–Trinajstić information content (AvgIpc) is 2.10. The van der Waals surface area contributed by atoms with Gasteiger partial charge in [0, 0.05) is 6.61 Å². The fourth-order valence-electron chi connectivity index (χ4n) is 1.07. The fraction of sp³-hybridized carbons (Fsp3) is 0.833. The molecule has 90 valence electrons. The summed E-state index contributed by atoms with van der Waals surface area (Å²) in [6, 6.07) is 0. The van der Waals surface area contributed by atoms with Crippen molar-refractivity contribution < 1.29 is 9.53 Å². The van der Waals surface area contributed by atoms with E-state index in [4.69, 9.17) is 9.53 Å². The smallest absolute Gasteiger partial charge is 0.192 e. The fourth-order valence-corrected chi connectivity index (χ4v) is 2.40. The number of aliphatic hydroxyl groups excluding tert-OH is 1. The molecule has 0 bridgehead atoms. The molecule has 0 aromatic carbocycles. The van der Waals surface area contributed by atoms with Gasteiger partial charge in [-0.2, -0.15) is 0 Å². The van der Waals surface area contributed by atoms with Crippen molar-refractivity contribution in [3.63, 3.8) is 0 Å². The number of hydrogen-bond donors (Lipinski definition) is 1. The SMILES string of the molecule is C=C[C@@H](CCCO)O[Si](C)(C)C(C)(C)C. The van der Waals surface area contributed by atoms with Gasteiger partial charge in [0.15, 0.2) is 8.32 Å². The van der Waals surface area contributed by atoms with Crippen molar-refractivity contribution in [1.82, 2.24) is 0 Å². The Balaban J connectivity index is 4.34. The standard InChI is InChI=1S/C12H26O2Si/c1-7-11(9-8-10-13)14-15(5,6)12(2,3)4/h7,11,13H,1,8-10H2,2-6H3/t11-/m0/s1. The first-order valence-corrected chi connectivity index (χ1v) is 8.56. The number of hydrogen-bond acceptors (Lipinski definition) is 2. The Kier molecular flexibility index (Phi) is 5.78. The zero-order valence-electron chi connectivity index (χ0n) is 10.8. The molecule has 3 heteroatoms. The monoisotopic (exact) mass is 230 g/mol. The van der Waals surface area contributed by atoms with Crippen LogP contribution in [0.3, 0.4) is 0 Å². The third-order valence-corrected chi connectivity index (χ3v) is 7.67. The predicted octanol–water partition coefficient (Wildman–Crippen LogP) is 3.34. The molecule has 0 heterocycles. The van der Waals surface area contributed by atoms with Gasteiger partial charge in [-0.3, -0.25) is 0 Å². The third-order valence-electron chi connectivity index (χ3n) is 3.16. The summed E-state index contributed by atoms with van der Waals surface area (Å²) < 4.78 is 6.16. The maximum atomic E-state index is 8.79. The van der Waals surface area contributed by atoms with Crippen LogP contribution in [0.1, 0.15) is 33.6 Å². The molecule has 0 saturated heterocycles. The van der Waals surface area contributed by atoms with E-state index >= 15 is 0 Å². The van der Waals surface area contributed by atoms with Crippen molar-refractivity contribution >= 4 is 8.32 Å². The van der Waals surface area contributed by atoms with E-state index in [2.05, 4.69) is 40.4 Å². The van der Waals surface area contributed by atoms with E-state index in [9.17, 15) is 0 Å². The Hall–Kier alpha value is -0.123. The molecule has 0 aromatic heterocycles. The molecule has 0 saturated carbocycles. The van der Waals surface area contributed by atoms with E-state index < -0.39 is 8.32 Å². The van der Waals surface area contributed by atoms with E-state index in [0.29, 0.717) is 0 Å². The lowest BCUT2D eigenvalue weighted by atomic mass is 10.2. The Morgan fingerprint density at radius 3 is 2.27 bits per heavy atom. The Morgan fingerprint density at radius 2 is 1.93 bits per heavy atom. The van der Waals surface area contributed by atoms with E-state index in [1.54, 1.807) is 0 Å². The second-order valence-corrected chi connectivity index (χ2v) is 10.3. The lowest BCUT2D eigenvalue weighted by Gasteiger charge is -2.38. The summed E-state index contributed by atoms with van der Waals surface area (Å²) in [6.45, 7) is 15.2. The van der Waals surface area contributed by atoms with Gasteiger partial charge in [0.25, 0.3) is 0 Å². The van der Waals surface area contributed by atoms with Crippen molar-refractivity contribution in [2.45, 2.75) is 57.8 Å². The quantitative estimate of drug-likeness (QED) is 0.560. The zero-order chi connectivity index (χ0) is 12.1. The molecule has 0 aliphatic carbocycles. The van der Waals surface area contributed by atoms with Gasteiger partial charge in [-0.1, -0.05) is 26.8 Å². The molecule has 0 spiro atoms. The van der Waals surface area contributed by atoms with Gasteiger partial charge < -0.3 is 9.53 Å². The molecule has 15 heavy (non-hydrogen) atoms. The van der Waals surface area contributed by atoms with Crippen LogP contribution in [0.25, 0.3) is 0 Å². The Labute approximate surface area is 95.5 Å². The van der Waals surface area contributed by atoms with Crippen LogP contribution in [0.15, 0.2) is 12.7 Å². The summed E-state index contributed by atoms with van der Waals surface area (Å²) in [7, 11) is -1.69. The van der Waals surface area contributed by atoms with E-state index in [1.807, 2.05) is 6.08 Å². The minimum absolute atomic E-state index is 0.0954. The van der Waals surface area contributed by atoms with Gasteiger partial charge in [0.2, 0.25) is 0 Å². The van der Waals surface area contributed by atoms with Crippen LogP contribution in [-0.4, -0.2) is 26.1 Å². The first kappa shape index (κ1) is 14.9. The summed E-state index contributed by atoms with van der Waals surface area (Å²) in [4.78, 5) is 0. The topological polar surface area (TPSA) is 29.5 Å². The van der Waals surface area contributed by atoms with Crippen LogP contribution < -0.4 is 0 Å². The Morgan fingerprint density at radius 1 is 1.40 bits per heavy atom. The maximum Gasteiger partial charge on any atom is 0.192 e. The van der Waals surface area contributed by atoms with Crippen molar-refractivity contribution in [2.24, 2.45) is 0 Å². The highest BCUT2D eigenvalue weighted by molar-refractivity contribution is 6.74. The third kappa shape index (κ3) is 4.95. The number of rotatable bonds is 6. The summed E-state index contributed by atoms with van der Waals surface area (Å²) in [5.41, 5.74) is 0. The molecule has 0 amide bonds. The normalized spacial score (nSPS) is 15.1. The average molecular weight is 230 g/mol.